The Hall–Kier alpha value is -4.07. The molecule has 1 aromatic heterocycles. The Morgan fingerprint density at radius 2 is 1.39 bits per heavy atom. The van der Waals surface area contributed by atoms with E-state index in [1.54, 1.807) is 41.0 Å². The maximum Gasteiger partial charge on any atom is 0.280 e. The topological polar surface area (TPSA) is 104 Å². The number of hydrogen-bond donors (Lipinski definition) is 0. The fourth-order valence-electron chi connectivity index (χ4n) is 3.26. The van der Waals surface area contributed by atoms with E-state index in [9.17, 15) is 20.2 Å². The van der Waals surface area contributed by atoms with Crippen LogP contribution in [0.25, 0.3) is 22.4 Å². The molecular weight excluding hydrogens is 360 g/mol. The van der Waals surface area contributed by atoms with Gasteiger partial charge >= 0.3 is 0 Å². The second-order valence-corrected chi connectivity index (χ2v) is 6.17. The molecule has 0 spiro atoms. The normalized spacial score (nSPS) is 10.9. The van der Waals surface area contributed by atoms with Crippen molar-refractivity contribution in [3.8, 4) is 11.4 Å². The minimum Gasteiger partial charge on any atom is -0.319 e. The third-order valence-electron chi connectivity index (χ3n) is 4.51. The molecule has 4 aromatic rings. The number of para-hydroxylation sites is 4. The van der Waals surface area contributed by atoms with E-state index in [0.717, 1.165) is 5.52 Å². The average Bonchev–Trinajstić information content (AvgIpc) is 3.06. The Balaban J connectivity index is 1.96. The molecule has 0 aliphatic heterocycles. The zero-order valence-electron chi connectivity index (χ0n) is 14.6. The average molecular weight is 374 g/mol. The van der Waals surface area contributed by atoms with Crippen LogP contribution < -0.4 is 0 Å². The summed E-state index contributed by atoms with van der Waals surface area (Å²) >= 11 is 0. The van der Waals surface area contributed by atoms with E-state index >= 15 is 0 Å². The fourth-order valence-corrected chi connectivity index (χ4v) is 3.26. The van der Waals surface area contributed by atoms with E-state index in [0.29, 0.717) is 22.5 Å². The summed E-state index contributed by atoms with van der Waals surface area (Å²) in [6.45, 7) is 0.166. The molecule has 0 atom stereocenters. The second kappa shape index (κ2) is 6.92. The molecule has 4 rings (SSSR count). The minimum atomic E-state index is -0.454. The minimum absolute atomic E-state index is 0.00575. The van der Waals surface area contributed by atoms with Crippen molar-refractivity contribution >= 4 is 22.4 Å². The predicted molar refractivity (Wildman–Crippen MR) is 104 cm³/mol. The zero-order chi connectivity index (χ0) is 19.7. The Bertz CT molecular complexity index is 1220. The highest BCUT2D eigenvalue weighted by atomic mass is 16.6. The van der Waals surface area contributed by atoms with Crippen molar-refractivity contribution in [1.29, 1.82) is 0 Å². The van der Waals surface area contributed by atoms with E-state index in [4.69, 9.17) is 0 Å². The lowest BCUT2D eigenvalue weighted by atomic mass is 10.1. The van der Waals surface area contributed by atoms with E-state index in [-0.39, 0.29) is 17.9 Å². The first-order valence-corrected chi connectivity index (χ1v) is 8.47. The summed E-state index contributed by atoms with van der Waals surface area (Å²) in [7, 11) is 0. The number of nitro groups is 2. The molecule has 8 nitrogen and oxygen atoms in total. The summed E-state index contributed by atoms with van der Waals surface area (Å²) < 4.78 is 1.78. The van der Waals surface area contributed by atoms with Crippen molar-refractivity contribution < 1.29 is 9.85 Å². The third-order valence-corrected chi connectivity index (χ3v) is 4.51. The van der Waals surface area contributed by atoms with Gasteiger partial charge in [-0.05, 0) is 18.2 Å². The standard InChI is InChI=1S/C20H14N4O4/c25-23(26)17-10-4-1-7-14(17)13-22-19-12-6-3-9-16(19)21-20(22)15-8-2-5-11-18(15)24(27)28/h1-12H,13H2. The van der Waals surface area contributed by atoms with Crippen molar-refractivity contribution in [2.45, 2.75) is 6.54 Å². The van der Waals surface area contributed by atoms with Crippen LogP contribution in [-0.2, 0) is 6.54 Å². The summed E-state index contributed by atoms with van der Waals surface area (Å²) in [6.07, 6.45) is 0. The molecule has 1 heterocycles. The quantitative estimate of drug-likeness (QED) is 0.376. The lowest BCUT2D eigenvalue weighted by Gasteiger charge is -2.10. The molecule has 0 unspecified atom stereocenters. The second-order valence-electron chi connectivity index (χ2n) is 6.17. The van der Waals surface area contributed by atoms with E-state index in [2.05, 4.69) is 4.98 Å². The summed E-state index contributed by atoms with van der Waals surface area (Å²) in [6, 6.07) is 20.1. The van der Waals surface area contributed by atoms with Gasteiger partial charge in [-0.3, -0.25) is 20.2 Å². The largest absolute Gasteiger partial charge is 0.319 e. The van der Waals surface area contributed by atoms with Crippen LogP contribution in [0.3, 0.4) is 0 Å². The summed E-state index contributed by atoms with van der Waals surface area (Å²) in [4.78, 5) is 26.6. The first kappa shape index (κ1) is 17.3. The number of nitro benzene ring substituents is 2. The van der Waals surface area contributed by atoms with Crippen LogP contribution in [0.2, 0.25) is 0 Å². The highest BCUT2D eigenvalue weighted by molar-refractivity contribution is 5.83. The van der Waals surface area contributed by atoms with Crippen LogP contribution >= 0.6 is 0 Å². The Morgan fingerprint density at radius 3 is 2.14 bits per heavy atom. The number of imidazole rings is 1. The van der Waals surface area contributed by atoms with Gasteiger partial charge in [0.05, 0.1) is 33.0 Å². The van der Waals surface area contributed by atoms with Crippen molar-refractivity contribution in [3.63, 3.8) is 0 Å². The van der Waals surface area contributed by atoms with Crippen molar-refractivity contribution in [1.82, 2.24) is 9.55 Å². The highest BCUT2D eigenvalue weighted by Gasteiger charge is 2.22. The van der Waals surface area contributed by atoms with Gasteiger partial charge in [0.15, 0.2) is 0 Å². The molecule has 0 saturated heterocycles. The molecule has 0 aliphatic rings. The maximum atomic E-state index is 11.5. The van der Waals surface area contributed by atoms with Crippen LogP contribution in [0.5, 0.6) is 0 Å². The predicted octanol–water partition coefficient (Wildman–Crippen LogP) is 4.57. The van der Waals surface area contributed by atoms with Gasteiger partial charge in [0, 0.05) is 17.7 Å². The Kier molecular flexibility index (Phi) is 4.29. The maximum absolute atomic E-state index is 11.5. The van der Waals surface area contributed by atoms with Gasteiger partial charge in [0.25, 0.3) is 11.4 Å². The number of aromatic nitrogens is 2. The summed E-state index contributed by atoms with van der Waals surface area (Å²) in [5.74, 6) is 0.395. The highest BCUT2D eigenvalue weighted by Crippen LogP contribution is 2.33. The molecule has 138 valence electrons. The molecule has 0 aliphatic carbocycles. The first-order valence-electron chi connectivity index (χ1n) is 8.47. The van der Waals surface area contributed by atoms with Crippen LogP contribution in [0.1, 0.15) is 5.56 Å². The summed E-state index contributed by atoms with van der Waals surface area (Å²) in [5.41, 5.74) is 2.19. The Labute approximate surface area is 159 Å². The molecule has 8 heteroatoms. The van der Waals surface area contributed by atoms with Gasteiger partial charge in [-0.2, -0.15) is 0 Å². The van der Waals surface area contributed by atoms with Gasteiger partial charge in [-0.25, -0.2) is 4.98 Å². The van der Waals surface area contributed by atoms with Gasteiger partial charge in [-0.15, -0.1) is 0 Å². The number of rotatable bonds is 5. The number of benzene rings is 3. The zero-order valence-corrected chi connectivity index (χ0v) is 14.6. The first-order chi connectivity index (χ1) is 13.6. The molecule has 0 N–H and O–H groups in total. The molecule has 0 saturated carbocycles. The molecule has 0 amide bonds. The summed E-state index contributed by atoms with van der Waals surface area (Å²) in [5, 5.41) is 22.9. The fraction of sp³-hybridized carbons (Fsp3) is 0.0500. The number of fused-ring (bicyclic) bond motifs is 1. The van der Waals surface area contributed by atoms with Crippen LogP contribution in [0.15, 0.2) is 72.8 Å². The smallest absolute Gasteiger partial charge is 0.280 e. The van der Waals surface area contributed by atoms with Crippen molar-refractivity contribution in [2.75, 3.05) is 0 Å². The molecule has 0 bridgehead atoms. The van der Waals surface area contributed by atoms with E-state index in [1.807, 2.05) is 24.3 Å². The lowest BCUT2D eigenvalue weighted by molar-refractivity contribution is -0.385. The van der Waals surface area contributed by atoms with Crippen LogP contribution in [0.4, 0.5) is 11.4 Å². The molecule has 0 fully saturated rings. The van der Waals surface area contributed by atoms with Gasteiger partial charge in [-0.1, -0.05) is 42.5 Å². The number of hydrogen-bond acceptors (Lipinski definition) is 5. The van der Waals surface area contributed by atoms with Crippen molar-refractivity contribution in [2.24, 2.45) is 0 Å². The van der Waals surface area contributed by atoms with Crippen LogP contribution in [0, 0.1) is 20.2 Å². The van der Waals surface area contributed by atoms with Crippen LogP contribution in [-0.4, -0.2) is 19.4 Å². The van der Waals surface area contributed by atoms with E-state index < -0.39 is 9.85 Å². The van der Waals surface area contributed by atoms with E-state index in [1.165, 1.54) is 12.1 Å². The lowest BCUT2D eigenvalue weighted by Crippen LogP contribution is -2.06. The molecule has 0 radical (unpaired) electrons. The van der Waals surface area contributed by atoms with Gasteiger partial charge < -0.3 is 4.57 Å². The van der Waals surface area contributed by atoms with Gasteiger partial charge in [0.1, 0.15) is 5.82 Å². The molecule has 28 heavy (non-hydrogen) atoms. The van der Waals surface area contributed by atoms with Gasteiger partial charge in [0.2, 0.25) is 0 Å². The SMILES string of the molecule is O=[N+]([O-])c1ccccc1Cn1c(-c2ccccc2[N+](=O)[O-])nc2ccccc21. The third kappa shape index (κ3) is 2.96. The molecule has 3 aromatic carbocycles. The monoisotopic (exact) mass is 374 g/mol. The van der Waals surface area contributed by atoms with Crippen molar-refractivity contribution in [3.05, 3.63) is 98.6 Å². The Morgan fingerprint density at radius 1 is 0.786 bits per heavy atom. The number of nitrogens with zero attached hydrogens (tertiary/aromatic N) is 4. The molecular formula is C20H14N4O4.